The number of rotatable bonds is 7. The monoisotopic (exact) mass is 295 g/mol. The van der Waals surface area contributed by atoms with Gasteiger partial charge in [-0.15, -0.1) is 0 Å². The number of nitrogens with zero attached hydrogens (tertiary/aromatic N) is 1. The lowest BCUT2D eigenvalue weighted by atomic mass is 10.1. The number of anilines is 1. The van der Waals surface area contributed by atoms with Crippen LogP contribution < -0.4 is 11.1 Å². The van der Waals surface area contributed by atoms with E-state index in [-0.39, 0.29) is 11.9 Å². The second kappa shape index (κ2) is 7.71. The summed E-state index contributed by atoms with van der Waals surface area (Å²) in [5.74, 6) is -0.819. The van der Waals surface area contributed by atoms with Gasteiger partial charge in [0, 0.05) is 18.8 Å². The largest absolute Gasteiger partial charge is 0.448 e. The minimum absolute atomic E-state index is 0.105. The topological polar surface area (TPSA) is 86.3 Å². The molecular formula is C15H25N3O3. The fourth-order valence-corrected chi connectivity index (χ4v) is 2.05. The Morgan fingerprint density at radius 3 is 2.48 bits per heavy atom. The van der Waals surface area contributed by atoms with Gasteiger partial charge < -0.3 is 20.4 Å². The first-order valence-corrected chi connectivity index (χ1v) is 7.39. The smallest absolute Gasteiger partial charge is 0.355 e. The van der Waals surface area contributed by atoms with E-state index >= 15 is 0 Å². The Morgan fingerprint density at radius 1 is 1.33 bits per heavy atom. The van der Waals surface area contributed by atoms with E-state index in [1.165, 1.54) is 0 Å². The molecule has 0 radical (unpaired) electrons. The van der Waals surface area contributed by atoms with E-state index in [9.17, 15) is 9.59 Å². The fraction of sp³-hybridized carbons (Fsp3) is 0.600. The normalized spacial score (nSPS) is 12.2. The van der Waals surface area contributed by atoms with Crippen molar-refractivity contribution in [2.75, 3.05) is 5.73 Å². The third-order valence-electron chi connectivity index (χ3n) is 3.45. The van der Waals surface area contributed by atoms with E-state index in [0.29, 0.717) is 17.9 Å². The average molecular weight is 295 g/mol. The van der Waals surface area contributed by atoms with Gasteiger partial charge in [0.2, 0.25) is 0 Å². The molecule has 1 atom stereocenters. The summed E-state index contributed by atoms with van der Waals surface area (Å²) < 4.78 is 6.91. The number of aryl methyl sites for hydroxylation is 1. The van der Waals surface area contributed by atoms with Gasteiger partial charge in [0.25, 0.3) is 5.91 Å². The number of carbonyl (C=O) groups excluding carboxylic acids is 2. The van der Waals surface area contributed by atoms with Crippen molar-refractivity contribution in [3.8, 4) is 0 Å². The van der Waals surface area contributed by atoms with Crippen molar-refractivity contribution in [3.05, 3.63) is 18.0 Å². The summed E-state index contributed by atoms with van der Waals surface area (Å²) in [6, 6.07) is 1.66. The van der Waals surface area contributed by atoms with Crippen LogP contribution in [0.25, 0.3) is 0 Å². The predicted molar refractivity (Wildman–Crippen MR) is 81.9 cm³/mol. The highest BCUT2D eigenvalue weighted by Gasteiger charge is 2.22. The predicted octanol–water partition coefficient (Wildman–Crippen LogP) is 1.94. The first kappa shape index (κ1) is 17.1. The van der Waals surface area contributed by atoms with E-state index in [2.05, 4.69) is 5.32 Å². The van der Waals surface area contributed by atoms with Crippen LogP contribution in [0.15, 0.2) is 12.3 Å². The molecule has 1 aromatic heterocycles. The Kier molecular flexibility index (Phi) is 6.27. The van der Waals surface area contributed by atoms with E-state index in [4.69, 9.17) is 10.5 Å². The molecule has 1 aromatic rings. The molecule has 0 fully saturated rings. The van der Waals surface area contributed by atoms with Crippen LogP contribution in [0, 0.1) is 0 Å². The zero-order valence-corrected chi connectivity index (χ0v) is 13.2. The number of aromatic nitrogens is 1. The van der Waals surface area contributed by atoms with Crippen molar-refractivity contribution in [2.24, 2.45) is 0 Å². The van der Waals surface area contributed by atoms with Crippen LogP contribution in [0.1, 0.15) is 51.0 Å². The molecule has 118 valence electrons. The lowest BCUT2D eigenvalue weighted by Crippen LogP contribution is -2.41. The molecule has 1 unspecified atom stereocenters. The SMILES string of the molecule is CCC(CC)NC(=O)C(C)OC(=O)c1cc(N)cn1CC. The van der Waals surface area contributed by atoms with Crippen molar-refractivity contribution < 1.29 is 14.3 Å². The van der Waals surface area contributed by atoms with Crippen LogP contribution in [0.5, 0.6) is 0 Å². The summed E-state index contributed by atoms with van der Waals surface area (Å²) in [5.41, 5.74) is 6.53. The van der Waals surface area contributed by atoms with E-state index in [1.54, 1.807) is 23.8 Å². The summed E-state index contributed by atoms with van der Waals surface area (Å²) in [6.07, 6.45) is 2.53. The Labute approximate surface area is 125 Å². The maximum absolute atomic E-state index is 12.1. The molecule has 1 rings (SSSR count). The lowest BCUT2D eigenvalue weighted by Gasteiger charge is -2.18. The Hall–Kier alpha value is -1.98. The summed E-state index contributed by atoms with van der Waals surface area (Å²) in [4.78, 5) is 24.1. The van der Waals surface area contributed by atoms with Crippen molar-refractivity contribution in [1.82, 2.24) is 9.88 Å². The zero-order chi connectivity index (χ0) is 16.0. The second-order valence-electron chi connectivity index (χ2n) is 5.01. The Bertz CT molecular complexity index is 492. The van der Waals surface area contributed by atoms with Crippen LogP contribution in [-0.2, 0) is 16.1 Å². The molecule has 0 spiro atoms. The van der Waals surface area contributed by atoms with Gasteiger partial charge in [0.1, 0.15) is 5.69 Å². The van der Waals surface area contributed by atoms with Crippen molar-refractivity contribution in [1.29, 1.82) is 0 Å². The maximum Gasteiger partial charge on any atom is 0.355 e. The minimum atomic E-state index is -0.834. The number of hydrogen-bond donors (Lipinski definition) is 2. The molecule has 0 saturated heterocycles. The maximum atomic E-state index is 12.1. The molecule has 0 saturated carbocycles. The molecule has 6 nitrogen and oxygen atoms in total. The van der Waals surface area contributed by atoms with Crippen LogP contribution in [0.4, 0.5) is 5.69 Å². The minimum Gasteiger partial charge on any atom is -0.448 e. The molecule has 0 aliphatic carbocycles. The molecule has 3 N–H and O–H groups in total. The molecule has 0 bridgehead atoms. The fourth-order valence-electron chi connectivity index (χ4n) is 2.05. The summed E-state index contributed by atoms with van der Waals surface area (Å²) >= 11 is 0. The van der Waals surface area contributed by atoms with E-state index in [0.717, 1.165) is 12.8 Å². The van der Waals surface area contributed by atoms with Gasteiger partial charge in [-0.25, -0.2) is 4.79 Å². The second-order valence-corrected chi connectivity index (χ2v) is 5.01. The van der Waals surface area contributed by atoms with Gasteiger partial charge in [-0.1, -0.05) is 13.8 Å². The number of nitrogens with two attached hydrogens (primary N) is 1. The third-order valence-corrected chi connectivity index (χ3v) is 3.45. The first-order chi connectivity index (χ1) is 9.92. The number of nitrogen functional groups attached to an aromatic ring is 1. The number of ether oxygens (including phenoxy) is 1. The van der Waals surface area contributed by atoms with E-state index < -0.39 is 12.1 Å². The van der Waals surface area contributed by atoms with E-state index in [1.807, 2.05) is 20.8 Å². The van der Waals surface area contributed by atoms with Crippen LogP contribution in [-0.4, -0.2) is 28.6 Å². The first-order valence-electron chi connectivity index (χ1n) is 7.39. The van der Waals surface area contributed by atoms with Gasteiger partial charge in [-0.3, -0.25) is 4.79 Å². The Balaban J connectivity index is 2.67. The standard InChI is InChI=1S/C15H25N3O3/c1-5-12(6-2)17-14(19)10(4)21-15(20)13-8-11(16)9-18(13)7-3/h8-10,12H,5-7,16H2,1-4H3,(H,17,19). The molecule has 0 aliphatic heterocycles. The molecule has 0 aliphatic rings. The van der Waals surface area contributed by atoms with Crippen LogP contribution >= 0.6 is 0 Å². The summed E-state index contributed by atoms with van der Waals surface area (Å²) in [6.45, 7) is 8.08. The van der Waals surface area contributed by atoms with Crippen molar-refractivity contribution in [3.63, 3.8) is 0 Å². The van der Waals surface area contributed by atoms with Gasteiger partial charge in [-0.2, -0.15) is 0 Å². The van der Waals surface area contributed by atoms with Crippen LogP contribution in [0.3, 0.4) is 0 Å². The third kappa shape index (κ3) is 4.51. The highest BCUT2D eigenvalue weighted by Crippen LogP contribution is 2.13. The quantitative estimate of drug-likeness (QED) is 0.753. The summed E-state index contributed by atoms with van der Waals surface area (Å²) in [7, 11) is 0. The number of esters is 1. The molecule has 21 heavy (non-hydrogen) atoms. The molecule has 6 heteroatoms. The molecular weight excluding hydrogens is 270 g/mol. The number of nitrogens with one attached hydrogen (secondary N) is 1. The Morgan fingerprint density at radius 2 is 1.95 bits per heavy atom. The highest BCUT2D eigenvalue weighted by atomic mass is 16.5. The van der Waals surface area contributed by atoms with Gasteiger partial charge in [0.05, 0.1) is 5.69 Å². The summed E-state index contributed by atoms with van der Waals surface area (Å²) in [5, 5.41) is 2.86. The zero-order valence-electron chi connectivity index (χ0n) is 13.2. The number of carbonyl (C=O) groups is 2. The van der Waals surface area contributed by atoms with Gasteiger partial charge >= 0.3 is 5.97 Å². The van der Waals surface area contributed by atoms with Crippen molar-refractivity contribution in [2.45, 2.75) is 59.2 Å². The molecule has 1 amide bonds. The van der Waals surface area contributed by atoms with Gasteiger partial charge in [-0.05, 0) is 32.8 Å². The lowest BCUT2D eigenvalue weighted by molar-refractivity contribution is -0.129. The van der Waals surface area contributed by atoms with Gasteiger partial charge in [0.15, 0.2) is 6.10 Å². The average Bonchev–Trinajstić information content (AvgIpc) is 2.85. The number of amides is 1. The van der Waals surface area contributed by atoms with Crippen LogP contribution in [0.2, 0.25) is 0 Å². The van der Waals surface area contributed by atoms with Crippen molar-refractivity contribution >= 4 is 17.6 Å². The molecule has 1 heterocycles. The highest BCUT2D eigenvalue weighted by molar-refractivity contribution is 5.92. The molecule has 0 aromatic carbocycles. The number of hydrogen-bond acceptors (Lipinski definition) is 4.